The summed E-state index contributed by atoms with van der Waals surface area (Å²) < 4.78 is 41.8. The summed E-state index contributed by atoms with van der Waals surface area (Å²) >= 11 is 2.66. The van der Waals surface area contributed by atoms with Gasteiger partial charge in [-0.3, -0.25) is 9.69 Å². The molecule has 16 nitrogen and oxygen atoms in total. The van der Waals surface area contributed by atoms with Crippen molar-refractivity contribution in [2.75, 3.05) is 66.4 Å². The molecule has 6 heterocycles. The van der Waals surface area contributed by atoms with Gasteiger partial charge in [-0.15, -0.1) is 43.8 Å². The molecule has 0 aliphatic carbocycles. The molecule has 2 aliphatic rings. The number of Topliss-reactive ketones (excluding diaryl/α,β-unsaturated/α-hetero) is 1. The van der Waals surface area contributed by atoms with Gasteiger partial charge in [0.25, 0.3) is 0 Å². The number of likely N-dealkylation sites (N-methyl/N-ethyl adjacent to an activating group) is 1. The lowest BCUT2D eigenvalue weighted by Crippen LogP contribution is -2.29. The van der Waals surface area contributed by atoms with Crippen LogP contribution in [-0.4, -0.2) is 110 Å². The predicted molar refractivity (Wildman–Crippen MR) is 195 cm³/mol. The number of ether oxygens (including phenoxy) is 1. The zero-order chi connectivity index (χ0) is 37.4. The molecule has 4 aromatic heterocycles. The van der Waals surface area contributed by atoms with Crippen LogP contribution in [-0.2, 0) is 11.2 Å². The molecule has 0 saturated carbocycles. The summed E-state index contributed by atoms with van der Waals surface area (Å²) in [7, 11) is 3.38. The Morgan fingerprint density at radius 1 is 0.887 bits per heavy atom. The normalized spacial score (nSPS) is 17.7. The van der Waals surface area contributed by atoms with Crippen LogP contribution < -0.4 is 30.9 Å². The number of hydrogen-bond acceptors (Lipinski definition) is 18. The maximum Gasteiger partial charge on any atom is 0.573 e. The van der Waals surface area contributed by atoms with E-state index in [1.54, 1.807) is 37.5 Å². The molecule has 0 spiro atoms. The number of carbonyl (C=O) groups excluding carboxylic acids is 1. The van der Waals surface area contributed by atoms with Crippen LogP contribution in [0.1, 0.15) is 29.5 Å². The highest BCUT2D eigenvalue weighted by Crippen LogP contribution is 2.30. The summed E-state index contributed by atoms with van der Waals surface area (Å²) in [5.74, 6) is 1.15. The topological polar surface area (TPSA) is 189 Å². The van der Waals surface area contributed by atoms with Gasteiger partial charge in [-0.1, -0.05) is 34.8 Å². The zero-order valence-electron chi connectivity index (χ0n) is 28.7. The largest absolute Gasteiger partial charge is 0.573 e. The van der Waals surface area contributed by atoms with Crippen molar-refractivity contribution in [3.8, 4) is 5.75 Å². The van der Waals surface area contributed by atoms with Gasteiger partial charge < -0.3 is 30.9 Å². The minimum Gasteiger partial charge on any atom is -0.406 e. The Kier molecular flexibility index (Phi) is 12.0. The number of aromatic nitrogens is 8. The van der Waals surface area contributed by atoms with Crippen LogP contribution in [0.2, 0.25) is 0 Å². The van der Waals surface area contributed by atoms with E-state index in [2.05, 4.69) is 66.0 Å². The SMILES string of the molecule is CN(C)[C@H](C(=O)Cc1nnc(N[C@@H]2CCN(c3cccnn3)C2)s1)c1cccc(OC(F)(F)F)c1.Nc1nnc(N[C@@H]2CCN(c3cccnn3)C2)s1. The minimum atomic E-state index is -4.81. The lowest BCUT2D eigenvalue weighted by molar-refractivity contribution is -0.274. The monoisotopic (exact) mass is 770 g/mol. The van der Waals surface area contributed by atoms with Crippen LogP contribution >= 0.6 is 22.7 Å². The molecular formula is C32H37F3N14O2S2. The van der Waals surface area contributed by atoms with Crippen molar-refractivity contribution >= 4 is 55.5 Å². The first-order valence-corrected chi connectivity index (χ1v) is 18.2. The summed E-state index contributed by atoms with van der Waals surface area (Å²) in [6.45, 7) is 3.43. The summed E-state index contributed by atoms with van der Waals surface area (Å²) in [5, 5.41) is 41.2. The van der Waals surface area contributed by atoms with E-state index >= 15 is 0 Å². The van der Waals surface area contributed by atoms with Crippen molar-refractivity contribution in [1.82, 2.24) is 45.7 Å². The summed E-state index contributed by atoms with van der Waals surface area (Å²) in [6, 6.07) is 12.8. The number of rotatable bonds is 12. The van der Waals surface area contributed by atoms with Crippen molar-refractivity contribution < 1.29 is 22.7 Å². The Labute approximate surface area is 310 Å². The molecule has 2 saturated heterocycles. The second-order valence-corrected chi connectivity index (χ2v) is 14.5. The van der Waals surface area contributed by atoms with Gasteiger partial charge in [0.15, 0.2) is 17.4 Å². The number of hydrogen-bond donors (Lipinski definition) is 3. The lowest BCUT2D eigenvalue weighted by atomic mass is 9.99. The molecule has 53 heavy (non-hydrogen) atoms. The van der Waals surface area contributed by atoms with Gasteiger partial charge in [0, 0.05) is 50.7 Å². The summed E-state index contributed by atoms with van der Waals surface area (Å²) in [6.07, 6.45) is 0.437. The Bertz CT molecular complexity index is 1920. The average molecular weight is 771 g/mol. The maximum atomic E-state index is 13.1. The number of nitrogens with two attached hydrogens (primary N) is 1. The first kappa shape index (κ1) is 37.5. The second-order valence-electron chi connectivity index (χ2n) is 12.4. The third kappa shape index (κ3) is 10.6. The molecule has 0 amide bonds. The van der Waals surface area contributed by atoms with Crippen LogP contribution in [0.5, 0.6) is 5.75 Å². The molecule has 2 aliphatic heterocycles. The number of benzene rings is 1. The molecule has 2 fully saturated rings. The van der Waals surface area contributed by atoms with Gasteiger partial charge in [-0.05, 0) is 68.9 Å². The van der Waals surface area contributed by atoms with E-state index in [1.165, 1.54) is 40.9 Å². The Morgan fingerprint density at radius 2 is 1.49 bits per heavy atom. The fourth-order valence-electron chi connectivity index (χ4n) is 6.02. The van der Waals surface area contributed by atoms with E-state index in [4.69, 9.17) is 5.73 Å². The molecule has 4 N–H and O–H groups in total. The number of anilines is 5. The van der Waals surface area contributed by atoms with Gasteiger partial charge in [0.1, 0.15) is 10.8 Å². The van der Waals surface area contributed by atoms with Crippen molar-refractivity contribution in [1.29, 1.82) is 0 Å². The summed E-state index contributed by atoms with van der Waals surface area (Å²) in [4.78, 5) is 19.1. The fraction of sp³-hybridized carbons (Fsp3) is 0.406. The van der Waals surface area contributed by atoms with Gasteiger partial charge in [0.2, 0.25) is 15.4 Å². The van der Waals surface area contributed by atoms with Gasteiger partial charge >= 0.3 is 6.36 Å². The quantitative estimate of drug-likeness (QED) is 0.165. The van der Waals surface area contributed by atoms with E-state index in [1.807, 2.05) is 24.3 Å². The molecule has 0 radical (unpaired) electrons. The standard InChI is InChI=1S/C22H24F3N7O2S.C10H13N7S/c1-31(2)20(14-5-3-6-16(11-14)34-22(23,24)25)17(33)12-19-29-30-21(35-19)27-15-8-10-32(13-15)18-7-4-9-26-28-18;11-9-15-16-10(18-9)13-7-3-5-17(6-7)8-2-1-4-12-14-8/h3-7,9,11,15,20H,8,10,12-13H2,1-2H3,(H,27,30);1-2,4,7H,3,5-6H2,(H2,11,15)(H,13,16)/t15-,20+;7-/m11/s1. The van der Waals surface area contributed by atoms with E-state index in [0.29, 0.717) is 26.9 Å². The van der Waals surface area contributed by atoms with Gasteiger partial charge in [-0.2, -0.15) is 10.2 Å². The number of nitrogen functional groups attached to an aromatic ring is 1. The van der Waals surface area contributed by atoms with Gasteiger partial charge in [-0.25, -0.2) is 0 Å². The first-order valence-electron chi connectivity index (χ1n) is 16.5. The van der Waals surface area contributed by atoms with Crippen molar-refractivity contribution in [3.63, 3.8) is 0 Å². The van der Waals surface area contributed by atoms with Crippen LogP contribution in [0.15, 0.2) is 60.9 Å². The predicted octanol–water partition coefficient (Wildman–Crippen LogP) is 3.93. The second kappa shape index (κ2) is 17.0. The first-order chi connectivity index (χ1) is 25.5. The zero-order valence-corrected chi connectivity index (χ0v) is 30.4. The number of nitrogens with one attached hydrogen (secondary N) is 2. The molecule has 280 valence electrons. The van der Waals surface area contributed by atoms with Crippen LogP contribution in [0, 0.1) is 0 Å². The van der Waals surface area contributed by atoms with E-state index < -0.39 is 12.4 Å². The third-order valence-corrected chi connectivity index (χ3v) is 9.80. The van der Waals surface area contributed by atoms with Gasteiger partial charge in [0.05, 0.1) is 12.5 Å². The molecule has 0 unspecified atom stereocenters. The summed E-state index contributed by atoms with van der Waals surface area (Å²) in [5.41, 5.74) is 5.95. The highest BCUT2D eigenvalue weighted by molar-refractivity contribution is 7.18. The Balaban J connectivity index is 0.000000222. The van der Waals surface area contributed by atoms with E-state index in [0.717, 1.165) is 55.8 Å². The van der Waals surface area contributed by atoms with Crippen molar-refractivity contribution in [3.05, 3.63) is 71.5 Å². The van der Waals surface area contributed by atoms with Crippen molar-refractivity contribution in [2.45, 2.75) is 43.8 Å². The average Bonchev–Trinajstić information content (AvgIpc) is 3.95. The molecule has 5 aromatic rings. The smallest absolute Gasteiger partial charge is 0.406 e. The van der Waals surface area contributed by atoms with E-state index in [9.17, 15) is 18.0 Å². The van der Waals surface area contributed by atoms with Crippen molar-refractivity contribution in [2.24, 2.45) is 0 Å². The molecule has 7 rings (SSSR count). The number of carbonyl (C=O) groups is 1. The third-order valence-electron chi connectivity index (χ3n) is 8.26. The molecule has 3 atom stereocenters. The molecule has 0 bridgehead atoms. The van der Waals surface area contributed by atoms with E-state index in [-0.39, 0.29) is 24.0 Å². The highest BCUT2D eigenvalue weighted by Gasteiger charge is 2.32. The number of alkyl halides is 3. The van der Waals surface area contributed by atoms with Crippen LogP contribution in [0.25, 0.3) is 0 Å². The maximum absolute atomic E-state index is 13.1. The molecular weight excluding hydrogens is 734 g/mol. The Morgan fingerprint density at radius 3 is 2.02 bits per heavy atom. The fourth-order valence-corrected chi connectivity index (χ4v) is 7.43. The number of halogens is 3. The molecule has 21 heteroatoms. The molecule has 1 aromatic carbocycles. The number of nitrogens with zero attached hydrogens (tertiary/aromatic N) is 11. The number of ketones is 1. The Hall–Kier alpha value is -5.28. The highest BCUT2D eigenvalue weighted by atomic mass is 32.1. The van der Waals surface area contributed by atoms with Crippen LogP contribution in [0.3, 0.4) is 0 Å². The minimum absolute atomic E-state index is 0.00292. The lowest BCUT2D eigenvalue weighted by Gasteiger charge is -2.23. The van der Waals surface area contributed by atoms with Crippen LogP contribution in [0.4, 0.5) is 40.2 Å².